The maximum atomic E-state index is 12.8. The Balaban J connectivity index is 1.21. The zero-order valence-corrected chi connectivity index (χ0v) is 19.0. The Kier molecular flexibility index (Phi) is 7.17. The lowest BCUT2D eigenvalue weighted by Gasteiger charge is -2.36. The molecule has 0 radical (unpaired) electrons. The van der Waals surface area contributed by atoms with Crippen LogP contribution in [0.2, 0.25) is 5.02 Å². The summed E-state index contributed by atoms with van der Waals surface area (Å²) in [6.07, 6.45) is -0.245. The van der Waals surface area contributed by atoms with Crippen molar-refractivity contribution in [3.63, 3.8) is 0 Å². The Morgan fingerprint density at radius 2 is 1.78 bits per heavy atom. The van der Waals surface area contributed by atoms with Gasteiger partial charge in [0.1, 0.15) is 18.1 Å². The number of anilines is 1. The summed E-state index contributed by atoms with van der Waals surface area (Å²) in [7, 11) is 0. The lowest BCUT2D eigenvalue weighted by atomic mass is 10.1. The number of hydrogen-bond acceptors (Lipinski definition) is 5. The summed E-state index contributed by atoms with van der Waals surface area (Å²) in [5.41, 5.74) is 0.730. The van der Waals surface area contributed by atoms with E-state index in [1.54, 1.807) is 11.8 Å². The van der Waals surface area contributed by atoms with Crippen molar-refractivity contribution >= 4 is 29.1 Å². The topological polar surface area (TPSA) is 62.3 Å². The maximum absolute atomic E-state index is 12.8. The molecular weight excluding hydrogens is 430 g/mol. The van der Waals surface area contributed by atoms with E-state index in [4.69, 9.17) is 21.1 Å². The zero-order chi connectivity index (χ0) is 22.5. The molecule has 1 atom stereocenters. The van der Waals surface area contributed by atoms with E-state index in [2.05, 4.69) is 4.90 Å². The lowest BCUT2D eigenvalue weighted by Crippen LogP contribution is -2.50. The number of para-hydroxylation sites is 2. The van der Waals surface area contributed by atoms with Crippen LogP contribution >= 0.6 is 11.6 Å². The van der Waals surface area contributed by atoms with Gasteiger partial charge in [-0.3, -0.25) is 14.5 Å². The van der Waals surface area contributed by atoms with Crippen molar-refractivity contribution in [1.82, 2.24) is 9.80 Å². The van der Waals surface area contributed by atoms with E-state index in [0.29, 0.717) is 43.4 Å². The molecule has 2 aliphatic rings. The average molecular weight is 458 g/mol. The molecule has 7 nitrogen and oxygen atoms in total. The number of piperazine rings is 1. The third-order valence-corrected chi connectivity index (χ3v) is 6.09. The molecule has 0 spiro atoms. The third kappa shape index (κ3) is 5.34. The first-order chi connectivity index (χ1) is 15.5. The molecule has 2 heterocycles. The second-order valence-corrected chi connectivity index (χ2v) is 8.43. The molecule has 2 aromatic carbocycles. The fourth-order valence-electron chi connectivity index (χ4n) is 4.00. The van der Waals surface area contributed by atoms with E-state index in [1.165, 1.54) is 0 Å². The minimum Gasteiger partial charge on any atom is -0.492 e. The van der Waals surface area contributed by atoms with Gasteiger partial charge in [0.15, 0.2) is 6.10 Å². The third-order valence-electron chi connectivity index (χ3n) is 5.84. The van der Waals surface area contributed by atoms with E-state index in [1.807, 2.05) is 53.4 Å². The van der Waals surface area contributed by atoms with Crippen molar-refractivity contribution in [2.45, 2.75) is 19.4 Å². The van der Waals surface area contributed by atoms with E-state index in [-0.39, 0.29) is 11.8 Å². The van der Waals surface area contributed by atoms with E-state index in [9.17, 15) is 9.59 Å². The number of hydrogen-bond donors (Lipinski definition) is 0. The van der Waals surface area contributed by atoms with Crippen molar-refractivity contribution in [3.05, 3.63) is 53.6 Å². The summed E-state index contributed by atoms with van der Waals surface area (Å²) in [6.45, 7) is 6.49. The molecule has 1 saturated heterocycles. The smallest absolute Gasteiger partial charge is 0.267 e. The number of fused-ring (bicyclic) bond motifs is 1. The van der Waals surface area contributed by atoms with Crippen molar-refractivity contribution in [2.75, 3.05) is 50.8 Å². The molecule has 1 unspecified atom stereocenters. The first kappa shape index (κ1) is 22.4. The molecular formula is C24H28ClN3O4. The second kappa shape index (κ2) is 10.2. The average Bonchev–Trinajstić information content (AvgIpc) is 2.81. The quantitative estimate of drug-likeness (QED) is 0.639. The number of nitrogens with zero attached hydrogens (tertiary/aromatic N) is 3. The highest BCUT2D eigenvalue weighted by atomic mass is 35.5. The van der Waals surface area contributed by atoms with Crippen LogP contribution in [0.25, 0.3) is 0 Å². The second-order valence-electron chi connectivity index (χ2n) is 7.99. The van der Waals surface area contributed by atoms with Gasteiger partial charge in [0, 0.05) is 50.7 Å². The highest BCUT2D eigenvalue weighted by Crippen LogP contribution is 2.33. The van der Waals surface area contributed by atoms with Crippen molar-refractivity contribution in [3.8, 4) is 11.5 Å². The first-order valence-electron chi connectivity index (χ1n) is 11.0. The van der Waals surface area contributed by atoms with Crippen LogP contribution < -0.4 is 14.4 Å². The normalized spacial score (nSPS) is 18.8. The number of benzene rings is 2. The molecule has 0 aliphatic carbocycles. The van der Waals surface area contributed by atoms with Gasteiger partial charge in [0.25, 0.3) is 5.91 Å². The van der Waals surface area contributed by atoms with Crippen LogP contribution in [0.3, 0.4) is 0 Å². The van der Waals surface area contributed by atoms with E-state index in [0.717, 1.165) is 31.1 Å². The van der Waals surface area contributed by atoms with Crippen LogP contribution in [0.1, 0.15) is 13.3 Å². The Morgan fingerprint density at radius 1 is 1.06 bits per heavy atom. The fraction of sp³-hybridized carbons (Fsp3) is 0.417. The van der Waals surface area contributed by atoms with Gasteiger partial charge in [-0.2, -0.15) is 0 Å². The maximum Gasteiger partial charge on any atom is 0.267 e. The Morgan fingerprint density at radius 3 is 2.53 bits per heavy atom. The lowest BCUT2D eigenvalue weighted by molar-refractivity contribution is -0.133. The molecule has 0 N–H and O–H groups in total. The first-order valence-corrected chi connectivity index (χ1v) is 11.3. The minimum atomic E-state index is -0.543. The number of rotatable bonds is 7. The summed E-state index contributed by atoms with van der Waals surface area (Å²) in [4.78, 5) is 31.2. The van der Waals surface area contributed by atoms with Gasteiger partial charge in [-0.1, -0.05) is 23.7 Å². The molecule has 2 aromatic rings. The number of halogens is 1. The fourth-order valence-corrected chi connectivity index (χ4v) is 4.13. The summed E-state index contributed by atoms with van der Waals surface area (Å²) in [6, 6.07) is 14.8. The van der Waals surface area contributed by atoms with Crippen molar-refractivity contribution in [2.24, 2.45) is 0 Å². The monoisotopic (exact) mass is 457 g/mol. The van der Waals surface area contributed by atoms with Crippen LogP contribution in [-0.4, -0.2) is 73.6 Å². The largest absolute Gasteiger partial charge is 0.492 e. The number of amides is 2. The van der Waals surface area contributed by atoms with Gasteiger partial charge in [0.2, 0.25) is 5.91 Å². The predicted octanol–water partition coefficient (Wildman–Crippen LogP) is 3.07. The molecule has 4 rings (SSSR count). The summed E-state index contributed by atoms with van der Waals surface area (Å²) >= 11 is 5.89. The Labute approximate surface area is 193 Å². The standard InChI is InChI=1S/C24H28ClN3O4/c1-18-24(30)28(21-4-2-3-5-22(21)32-18)11-10-23(29)27-14-12-26(13-15-27)16-17-31-20-8-6-19(25)7-9-20/h2-9,18H,10-17H2,1H3. The van der Waals surface area contributed by atoms with Crippen molar-refractivity contribution < 1.29 is 19.1 Å². The van der Waals surface area contributed by atoms with Crippen LogP contribution in [0.15, 0.2) is 48.5 Å². The van der Waals surface area contributed by atoms with Crippen LogP contribution in [0.4, 0.5) is 5.69 Å². The molecule has 32 heavy (non-hydrogen) atoms. The molecule has 0 saturated carbocycles. The molecule has 2 aliphatic heterocycles. The van der Waals surface area contributed by atoms with E-state index >= 15 is 0 Å². The SMILES string of the molecule is CC1Oc2ccccc2N(CCC(=O)N2CCN(CCOc3ccc(Cl)cc3)CC2)C1=O. The molecule has 0 bridgehead atoms. The Hall–Kier alpha value is -2.77. The van der Waals surface area contributed by atoms with Gasteiger partial charge in [0.05, 0.1) is 5.69 Å². The zero-order valence-electron chi connectivity index (χ0n) is 18.2. The molecule has 8 heteroatoms. The van der Waals surface area contributed by atoms with Gasteiger partial charge in [-0.05, 0) is 43.3 Å². The van der Waals surface area contributed by atoms with Gasteiger partial charge in [-0.15, -0.1) is 0 Å². The molecule has 0 aromatic heterocycles. The predicted molar refractivity (Wildman–Crippen MR) is 123 cm³/mol. The van der Waals surface area contributed by atoms with Crippen molar-refractivity contribution in [1.29, 1.82) is 0 Å². The van der Waals surface area contributed by atoms with Crippen LogP contribution in [0, 0.1) is 0 Å². The number of carbonyl (C=O) groups excluding carboxylic acids is 2. The molecule has 1 fully saturated rings. The van der Waals surface area contributed by atoms with Gasteiger partial charge >= 0.3 is 0 Å². The molecule has 170 valence electrons. The van der Waals surface area contributed by atoms with Crippen LogP contribution in [-0.2, 0) is 9.59 Å². The van der Waals surface area contributed by atoms with Gasteiger partial charge < -0.3 is 19.3 Å². The van der Waals surface area contributed by atoms with Crippen LogP contribution in [0.5, 0.6) is 11.5 Å². The van der Waals surface area contributed by atoms with E-state index < -0.39 is 6.10 Å². The summed E-state index contributed by atoms with van der Waals surface area (Å²) in [5.74, 6) is 1.45. The van der Waals surface area contributed by atoms with Gasteiger partial charge in [-0.25, -0.2) is 0 Å². The number of ether oxygens (including phenoxy) is 2. The highest BCUT2D eigenvalue weighted by Gasteiger charge is 2.32. The molecule has 2 amide bonds. The summed E-state index contributed by atoms with van der Waals surface area (Å²) in [5, 5.41) is 0.690. The highest BCUT2D eigenvalue weighted by molar-refractivity contribution is 6.30. The number of carbonyl (C=O) groups is 2. The minimum absolute atomic E-state index is 0.0755. The Bertz CT molecular complexity index is 945. The summed E-state index contributed by atoms with van der Waals surface area (Å²) < 4.78 is 11.4.